The summed E-state index contributed by atoms with van der Waals surface area (Å²) in [5.74, 6) is 0. The number of unbranched alkanes of at least 4 members (excludes halogenated alkanes) is 2. The van der Waals surface area contributed by atoms with E-state index in [0.717, 1.165) is 6.54 Å². The Morgan fingerprint density at radius 1 is 0.944 bits per heavy atom. The molecule has 2 nitrogen and oxygen atoms in total. The van der Waals surface area contributed by atoms with E-state index in [-0.39, 0.29) is 0 Å². The smallest absolute Gasteiger partial charge is 0.0243 e. The number of hydrogen-bond acceptors (Lipinski definition) is 2. The summed E-state index contributed by atoms with van der Waals surface area (Å²) in [6.07, 6.45) is 5.24. The van der Waals surface area contributed by atoms with Gasteiger partial charge in [-0.2, -0.15) is 0 Å². The molecule has 0 aliphatic rings. The van der Waals surface area contributed by atoms with E-state index in [4.69, 9.17) is 0 Å². The third-order valence-electron chi connectivity index (χ3n) is 3.59. The molecule has 0 fully saturated rings. The normalized spacial score (nSPS) is 14.2. The van der Waals surface area contributed by atoms with Crippen LogP contribution in [0.25, 0.3) is 0 Å². The van der Waals surface area contributed by atoms with E-state index in [9.17, 15) is 0 Å². The molecule has 1 unspecified atom stereocenters. The quantitative estimate of drug-likeness (QED) is 0.637. The lowest BCUT2D eigenvalue weighted by Crippen LogP contribution is -2.49. The number of hydrogen-bond donors (Lipinski definition) is 1. The van der Waals surface area contributed by atoms with Gasteiger partial charge in [-0.25, -0.2) is 0 Å². The van der Waals surface area contributed by atoms with Gasteiger partial charge in [-0.05, 0) is 37.9 Å². The second kappa shape index (κ2) is 9.80. The molecule has 0 bridgehead atoms. The average Bonchev–Trinajstić information content (AvgIpc) is 2.30. The van der Waals surface area contributed by atoms with Gasteiger partial charge in [-0.15, -0.1) is 0 Å². The molecule has 0 aromatic carbocycles. The summed E-state index contributed by atoms with van der Waals surface area (Å²) < 4.78 is 0. The van der Waals surface area contributed by atoms with Gasteiger partial charge in [-0.3, -0.25) is 0 Å². The monoisotopic (exact) mass is 256 g/mol. The zero-order valence-corrected chi connectivity index (χ0v) is 13.7. The summed E-state index contributed by atoms with van der Waals surface area (Å²) in [5.41, 5.74) is 0.340. The molecule has 18 heavy (non-hydrogen) atoms. The van der Waals surface area contributed by atoms with Gasteiger partial charge >= 0.3 is 0 Å². The van der Waals surface area contributed by atoms with Gasteiger partial charge in [0.2, 0.25) is 0 Å². The Hall–Kier alpha value is -0.0800. The standard InChI is InChI=1S/C16H36N2/c1-7-10-12-18(13-11-8-2)14-15(17-9-3)16(4,5)6/h15,17H,7-14H2,1-6H3. The third-order valence-corrected chi connectivity index (χ3v) is 3.59. The van der Waals surface area contributed by atoms with Crippen molar-refractivity contribution in [3.63, 3.8) is 0 Å². The van der Waals surface area contributed by atoms with E-state index in [1.165, 1.54) is 45.3 Å². The van der Waals surface area contributed by atoms with Crippen LogP contribution in [0.2, 0.25) is 0 Å². The minimum absolute atomic E-state index is 0.340. The summed E-state index contributed by atoms with van der Waals surface area (Å²) in [6.45, 7) is 18.6. The lowest BCUT2D eigenvalue weighted by Gasteiger charge is -2.36. The minimum atomic E-state index is 0.340. The molecule has 0 saturated heterocycles. The first-order valence-electron chi connectivity index (χ1n) is 7.91. The highest BCUT2D eigenvalue weighted by molar-refractivity contribution is 4.83. The van der Waals surface area contributed by atoms with Gasteiger partial charge < -0.3 is 10.2 Å². The zero-order chi connectivity index (χ0) is 14.0. The fourth-order valence-corrected chi connectivity index (χ4v) is 2.21. The van der Waals surface area contributed by atoms with Crippen LogP contribution in [0.15, 0.2) is 0 Å². The van der Waals surface area contributed by atoms with Crippen molar-refractivity contribution in [2.75, 3.05) is 26.2 Å². The number of rotatable bonds is 10. The maximum absolute atomic E-state index is 3.66. The van der Waals surface area contributed by atoms with Gasteiger partial charge in [-0.1, -0.05) is 54.4 Å². The average molecular weight is 256 g/mol. The van der Waals surface area contributed by atoms with Crippen molar-refractivity contribution in [2.24, 2.45) is 5.41 Å². The molecule has 0 amide bonds. The zero-order valence-electron chi connectivity index (χ0n) is 13.7. The molecule has 0 aliphatic carbocycles. The Bertz CT molecular complexity index is 176. The highest BCUT2D eigenvalue weighted by atomic mass is 15.1. The van der Waals surface area contributed by atoms with E-state index in [0.29, 0.717) is 11.5 Å². The second-order valence-electron chi connectivity index (χ2n) is 6.48. The van der Waals surface area contributed by atoms with Crippen LogP contribution in [0, 0.1) is 5.41 Å². The largest absolute Gasteiger partial charge is 0.312 e. The first kappa shape index (κ1) is 17.9. The van der Waals surface area contributed by atoms with Gasteiger partial charge in [0.15, 0.2) is 0 Å². The highest BCUT2D eigenvalue weighted by Crippen LogP contribution is 2.20. The van der Waals surface area contributed by atoms with E-state index in [1.54, 1.807) is 0 Å². The first-order valence-corrected chi connectivity index (χ1v) is 7.91. The SMILES string of the molecule is CCCCN(CCCC)CC(NCC)C(C)(C)C. The van der Waals surface area contributed by atoms with Gasteiger partial charge in [0.05, 0.1) is 0 Å². The van der Waals surface area contributed by atoms with E-state index in [1.807, 2.05) is 0 Å². The van der Waals surface area contributed by atoms with Crippen LogP contribution >= 0.6 is 0 Å². The third kappa shape index (κ3) is 8.10. The van der Waals surface area contributed by atoms with Crippen molar-refractivity contribution in [3.8, 4) is 0 Å². The molecule has 1 N–H and O–H groups in total. The van der Waals surface area contributed by atoms with Crippen molar-refractivity contribution in [1.29, 1.82) is 0 Å². The maximum Gasteiger partial charge on any atom is 0.0243 e. The Morgan fingerprint density at radius 2 is 1.44 bits per heavy atom. The highest BCUT2D eigenvalue weighted by Gasteiger charge is 2.25. The fourth-order valence-electron chi connectivity index (χ4n) is 2.21. The number of nitrogens with zero attached hydrogens (tertiary/aromatic N) is 1. The molecule has 0 saturated carbocycles. The van der Waals surface area contributed by atoms with E-state index < -0.39 is 0 Å². The maximum atomic E-state index is 3.66. The molecule has 0 aliphatic heterocycles. The molecule has 1 atom stereocenters. The molecule has 2 heteroatoms. The van der Waals surface area contributed by atoms with E-state index in [2.05, 4.69) is 51.8 Å². The van der Waals surface area contributed by atoms with Crippen molar-refractivity contribution < 1.29 is 0 Å². The Labute approximate surface area is 116 Å². The van der Waals surface area contributed by atoms with Crippen LogP contribution in [0.1, 0.15) is 67.2 Å². The van der Waals surface area contributed by atoms with Gasteiger partial charge in [0, 0.05) is 12.6 Å². The molecule has 0 aromatic rings. The molecule has 0 spiro atoms. The fraction of sp³-hybridized carbons (Fsp3) is 1.00. The van der Waals surface area contributed by atoms with Crippen molar-refractivity contribution in [1.82, 2.24) is 10.2 Å². The van der Waals surface area contributed by atoms with Crippen LogP contribution in [0.5, 0.6) is 0 Å². The second-order valence-corrected chi connectivity index (χ2v) is 6.48. The van der Waals surface area contributed by atoms with Gasteiger partial charge in [0.1, 0.15) is 0 Å². The topological polar surface area (TPSA) is 15.3 Å². The molecule has 0 radical (unpaired) electrons. The molecular weight excluding hydrogens is 220 g/mol. The summed E-state index contributed by atoms with van der Waals surface area (Å²) >= 11 is 0. The Balaban J connectivity index is 4.37. The summed E-state index contributed by atoms with van der Waals surface area (Å²) in [4.78, 5) is 2.66. The van der Waals surface area contributed by atoms with Gasteiger partial charge in [0.25, 0.3) is 0 Å². The van der Waals surface area contributed by atoms with Crippen molar-refractivity contribution in [2.45, 2.75) is 73.3 Å². The summed E-state index contributed by atoms with van der Waals surface area (Å²) in [5, 5.41) is 3.66. The number of nitrogens with one attached hydrogen (secondary N) is 1. The summed E-state index contributed by atoms with van der Waals surface area (Å²) in [6, 6.07) is 0.594. The van der Waals surface area contributed by atoms with Crippen molar-refractivity contribution in [3.05, 3.63) is 0 Å². The van der Waals surface area contributed by atoms with Crippen LogP contribution in [0.3, 0.4) is 0 Å². The molecule has 0 rings (SSSR count). The van der Waals surface area contributed by atoms with Crippen molar-refractivity contribution >= 4 is 0 Å². The summed E-state index contributed by atoms with van der Waals surface area (Å²) in [7, 11) is 0. The van der Waals surface area contributed by atoms with Crippen LogP contribution in [-0.2, 0) is 0 Å². The molecular formula is C16H36N2. The minimum Gasteiger partial charge on any atom is -0.312 e. The predicted octanol–water partition coefficient (Wildman–Crippen LogP) is 3.91. The Morgan fingerprint density at radius 3 is 1.78 bits per heavy atom. The number of likely N-dealkylation sites (N-methyl/N-ethyl adjacent to an activating group) is 1. The molecule has 0 aromatic heterocycles. The first-order chi connectivity index (χ1) is 8.45. The van der Waals surface area contributed by atoms with Crippen LogP contribution in [0.4, 0.5) is 0 Å². The lowest BCUT2D eigenvalue weighted by molar-refractivity contribution is 0.171. The van der Waals surface area contributed by atoms with E-state index >= 15 is 0 Å². The predicted molar refractivity (Wildman–Crippen MR) is 83.2 cm³/mol. The molecule has 110 valence electrons. The van der Waals surface area contributed by atoms with Crippen LogP contribution in [-0.4, -0.2) is 37.1 Å². The van der Waals surface area contributed by atoms with Crippen LogP contribution < -0.4 is 5.32 Å². The molecule has 0 heterocycles. The Kier molecular flexibility index (Phi) is 9.76. The lowest BCUT2D eigenvalue weighted by atomic mass is 9.86.